The van der Waals surface area contributed by atoms with Crippen LogP contribution >= 0.6 is 11.6 Å². The number of hydrogen-bond acceptors (Lipinski definition) is 2. The molecule has 0 heterocycles. The lowest BCUT2D eigenvalue weighted by molar-refractivity contribution is -0.135. The fraction of sp³-hybridized carbons (Fsp3) is 0.438. The molecule has 0 aromatic heterocycles. The molecule has 1 aliphatic carbocycles. The average Bonchev–Trinajstić information content (AvgIpc) is 2.47. The first-order valence-corrected chi connectivity index (χ1v) is 7.22. The summed E-state index contributed by atoms with van der Waals surface area (Å²) >= 11 is 6.02. The van der Waals surface area contributed by atoms with E-state index in [4.69, 9.17) is 16.3 Å². The molecule has 1 amide bonds. The summed E-state index contributed by atoms with van der Waals surface area (Å²) in [6.07, 6.45) is 7.01. The number of hydrogen-bond donors (Lipinski definition) is 0. The lowest BCUT2D eigenvalue weighted by Crippen LogP contribution is -2.33. The summed E-state index contributed by atoms with van der Waals surface area (Å²) in [7, 11) is 3.46. The Morgan fingerprint density at radius 2 is 2.25 bits per heavy atom. The first kappa shape index (κ1) is 14.9. The summed E-state index contributed by atoms with van der Waals surface area (Å²) < 4.78 is 5.32. The van der Waals surface area contributed by atoms with Gasteiger partial charge in [-0.2, -0.15) is 0 Å². The molecule has 108 valence electrons. The summed E-state index contributed by atoms with van der Waals surface area (Å²) in [6, 6.07) is 5.47. The standard InChI is InChI=1S/C16H20ClNO2/c1-18(16(19)12-6-4-3-5-7-12)11-13-10-14(17)8-9-15(13)20-2/h3-4,8-10,12H,5-7,11H2,1-2H3. The SMILES string of the molecule is COc1ccc(Cl)cc1CN(C)C(=O)C1CC=CCC1. The van der Waals surface area contributed by atoms with E-state index in [0.717, 1.165) is 30.6 Å². The van der Waals surface area contributed by atoms with Gasteiger partial charge in [0.2, 0.25) is 5.91 Å². The first-order valence-electron chi connectivity index (χ1n) is 6.84. The van der Waals surface area contributed by atoms with Crippen molar-refractivity contribution in [1.82, 2.24) is 4.90 Å². The third-order valence-corrected chi connectivity index (χ3v) is 3.88. The number of allylic oxidation sites excluding steroid dienone is 2. The Morgan fingerprint density at radius 1 is 1.45 bits per heavy atom. The van der Waals surface area contributed by atoms with Gasteiger partial charge in [0.1, 0.15) is 5.75 Å². The molecule has 0 bridgehead atoms. The second kappa shape index (κ2) is 6.80. The molecule has 0 fully saturated rings. The van der Waals surface area contributed by atoms with Crippen molar-refractivity contribution in [2.75, 3.05) is 14.2 Å². The van der Waals surface area contributed by atoms with Gasteiger partial charge in [-0.3, -0.25) is 4.79 Å². The highest BCUT2D eigenvalue weighted by molar-refractivity contribution is 6.30. The van der Waals surface area contributed by atoms with E-state index in [1.165, 1.54) is 0 Å². The lowest BCUT2D eigenvalue weighted by atomic mass is 9.93. The number of amides is 1. The van der Waals surface area contributed by atoms with E-state index in [1.807, 2.05) is 19.2 Å². The summed E-state index contributed by atoms with van der Waals surface area (Å²) in [5.74, 6) is 1.06. The van der Waals surface area contributed by atoms with E-state index < -0.39 is 0 Å². The van der Waals surface area contributed by atoms with Crippen molar-refractivity contribution in [3.8, 4) is 5.75 Å². The normalized spacial score (nSPS) is 17.9. The monoisotopic (exact) mass is 293 g/mol. The van der Waals surface area contributed by atoms with Gasteiger partial charge in [-0.05, 0) is 37.5 Å². The Kier molecular flexibility index (Phi) is 5.07. The van der Waals surface area contributed by atoms with Crippen LogP contribution in [0, 0.1) is 5.92 Å². The van der Waals surface area contributed by atoms with Crippen LogP contribution in [-0.2, 0) is 11.3 Å². The second-order valence-corrected chi connectivity index (χ2v) is 5.57. The molecule has 0 aliphatic heterocycles. The molecule has 1 atom stereocenters. The molecule has 0 radical (unpaired) electrons. The second-order valence-electron chi connectivity index (χ2n) is 5.13. The molecule has 4 heteroatoms. The highest BCUT2D eigenvalue weighted by Gasteiger charge is 2.22. The summed E-state index contributed by atoms with van der Waals surface area (Å²) in [4.78, 5) is 14.2. The molecular weight excluding hydrogens is 274 g/mol. The van der Waals surface area contributed by atoms with E-state index in [1.54, 1.807) is 18.1 Å². The van der Waals surface area contributed by atoms with Gasteiger partial charge in [-0.15, -0.1) is 0 Å². The molecule has 0 spiro atoms. The van der Waals surface area contributed by atoms with Gasteiger partial charge in [0.25, 0.3) is 0 Å². The minimum absolute atomic E-state index is 0.107. The lowest BCUT2D eigenvalue weighted by Gasteiger charge is -2.25. The van der Waals surface area contributed by atoms with E-state index in [0.29, 0.717) is 11.6 Å². The van der Waals surface area contributed by atoms with Crippen molar-refractivity contribution < 1.29 is 9.53 Å². The van der Waals surface area contributed by atoms with Crippen molar-refractivity contribution in [2.45, 2.75) is 25.8 Å². The zero-order chi connectivity index (χ0) is 14.5. The van der Waals surface area contributed by atoms with Crippen molar-refractivity contribution in [2.24, 2.45) is 5.92 Å². The van der Waals surface area contributed by atoms with E-state index >= 15 is 0 Å². The largest absolute Gasteiger partial charge is 0.496 e. The van der Waals surface area contributed by atoms with Gasteiger partial charge >= 0.3 is 0 Å². The number of halogens is 1. The summed E-state index contributed by atoms with van der Waals surface area (Å²) in [5, 5.41) is 0.655. The van der Waals surface area contributed by atoms with E-state index in [-0.39, 0.29) is 11.8 Å². The van der Waals surface area contributed by atoms with Crippen LogP contribution in [0.4, 0.5) is 0 Å². The van der Waals surface area contributed by atoms with Crippen LogP contribution in [0.3, 0.4) is 0 Å². The molecule has 1 aromatic carbocycles. The Bertz CT molecular complexity index is 513. The van der Waals surface area contributed by atoms with Crippen LogP contribution in [-0.4, -0.2) is 25.0 Å². The van der Waals surface area contributed by atoms with Crippen LogP contribution < -0.4 is 4.74 Å². The third-order valence-electron chi connectivity index (χ3n) is 3.64. The van der Waals surface area contributed by atoms with Gasteiger partial charge in [-0.25, -0.2) is 0 Å². The molecule has 0 saturated heterocycles. The molecule has 20 heavy (non-hydrogen) atoms. The quantitative estimate of drug-likeness (QED) is 0.793. The fourth-order valence-corrected chi connectivity index (χ4v) is 2.73. The van der Waals surface area contributed by atoms with E-state index in [9.17, 15) is 4.79 Å². The Labute approximate surface area is 125 Å². The topological polar surface area (TPSA) is 29.5 Å². The van der Waals surface area contributed by atoms with E-state index in [2.05, 4.69) is 12.2 Å². The maximum Gasteiger partial charge on any atom is 0.226 e. The maximum absolute atomic E-state index is 12.4. The predicted molar refractivity (Wildman–Crippen MR) is 81.0 cm³/mol. The minimum Gasteiger partial charge on any atom is -0.496 e. The Balaban J connectivity index is 2.07. The van der Waals surface area contributed by atoms with Gasteiger partial charge in [0.15, 0.2) is 0 Å². The molecule has 1 aliphatic rings. The number of benzene rings is 1. The zero-order valence-corrected chi connectivity index (χ0v) is 12.7. The van der Waals surface area contributed by atoms with Crippen LogP contribution in [0.15, 0.2) is 30.4 Å². The third kappa shape index (κ3) is 3.54. The maximum atomic E-state index is 12.4. The Morgan fingerprint density at radius 3 is 2.90 bits per heavy atom. The predicted octanol–water partition coefficient (Wildman–Crippen LogP) is 3.66. The number of ether oxygens (including phenoxy) is 1. The fourth-order valence-electron chi connectivity index (χ4n) is 2.53. The average molecular weight is 294 g/mol. The molecule has 0 N–H and O–H groups in total. The number of nitrogens with zero attached hydrogens (tertiary/aromatic N) is 1. The van der Waals surface area contributed by atoms with Gasteiger partial charge < -0.3 is 9.64 Å². The smallest absolute Gasteiger partial charge is 0.226 e. The molecule has 2 rings (SSSR count). The van der Waals surface area contributed by atoms with Crippen LogP contribution in [0.1, 0.15) is 24.8 Å². The van der Waals surface area contributed by atoms with Gasteiger partial charge in [-0.1, -0.05) is 23.8 Å². The number of carbonyl (C=O) groups is 1. The van der Waals surface area contributed by atoms with Crippen LogP contribution in [0.25, 0.3) is 0 Å². The number of methoxy groups -OCH3 is 1. The van der Waals surface area contributed by atoms with Gasteiger partial charge in [0.05, 0.1) is 7.11 Å². The number of carbonyl (C=O) groups excluding carboxylic acids is 1. The van der Waals surface area contributed by atoms with Crippen molar-refractivity contribution in [1.29, 1.82) is 0 Å². The Hall–Kier alpha value is -1.48. The zero-order valence-electron chi connectivity index (χ0n) is 11.9. The molecular formula is C16H20ClNO2. The van der Waals surface area contributed by atoms with Crippen LogP contribution in [0.2, 0.25) is 5.02 Å². The van der Waals surface area contributed by atoms with Gasteiger partial charge in [0, 0.05) is 30.1 Å². The van der Waals surface area contributed by atoms with Crippen molar-refractivity contribution in [3.05, 3.63) is 40.9 Å². The van der Waals surface area contributed by atoms with Crippen molar-refractivity contribution >= 4 is 17.5 Å². The van der Waals surface area contributed by atoms with Crippen LogP contribution in [0.5, 0.6) is 5.75 Å². The molecule has 1 unspecified atom stereocenters. The number of rotatable bonds is 4. The highest BCUT2D eigenvalue weighted by atomic mass is 35.5. The minimum atomic E-state index is 0.107. The molecule has 1 aromatic rings. The summed E-state index contributed by atoms with van der Waals surface area (Å²) in [6.45, 7) is 0.517. The highest BCUT2D eigenvalue weighted by Crippen LogP contribution is 2.25. The van der Waals surface area contributed by atoms with Crippen molar-refractivity contribution in [3.63, 3.8) is 0 Å². The summed E-state index contributed by atoms with van der Waals surface area (Å²) in [5.41, 5.74) is 0.933. The molecule has 3 nitrogen and oxygen atoms in total. The molecule has 0 saturated carbocycles. The first-order chi connectivity index (χ1) is 9.61.